The average molecular weight is 299 g/mol. The second-order valence-corrected chi connectivity index (χ2v) is 6.43. The molecule has 0 amide bonds. The van der Waals surface area contributed by atoms with E-state index in [1.165, 1.54) is 12.0 Å². The molecule has 0 bridgehead atoms. The van der Waals surface area contributed by atoms with Crippen molar-refractivity contribution in [1.29, 1.82) is 0 Å². The third-order valence-corrected chi connectivity index (χ3v) is 4.43. The molecular formula is C18H25N3O. The summed E-state index contributed by atoms with van der Waals surface area (Å²) in [6.45, 7) is 7.49. The van der Waals surface area contributed by atoms with E-state index in [2.05, 4.69) is 47.3 Å². The number of hydrogen-bond acceptors (Lipinski definition) is 3. The number of aryl methyl sites for hydroxylation is 2. The van der Waals surface area contributed by atoms with Crippen molar-refractivity contribution in [3.8, 4) is 5.69 Å². The molecule has 1 atom stereocenters. The van der Waals surface area contributed by atoms with Gasteiger partial charge in [0.1, 0.15) is 0 Å². The van der Waals surface area contributed by atoms with Gasteiger partial charge in [-0.2, -0.15) is 5.10 Å². The first-order chi connectivity index (χ1) is 10.7. The second-order valence-electron chi connectivity index (χ2n) is 6.43. The maximum absolute atomic E-state index is 9.36. The van der Waals surface area contributed by atoms with Crippen LogP contribution in [0.25, 0.3) is 5.69 Å². The number of nitrogens with zero attached hydrogens (tertiary/aromatic N) is 3. The zero-order chi connectivity index (χ0) is 15.5. The fourth-order valence-corrected chi connectivity index (χ4v) is 3.38. The van der Waals surface area contributed by atoms with Crippen LogP contribution in [-0.4, -0.2) is 39.5 Å². The van der Waals surface area contributed by atoms with Gasteiger partial charge in [-0.05, 0) is 62.9 Å². The normalized spacial score (nSPS) is 19.5. The summed E-state index contributed by atoms with van der Waals surface area (Å²) >= 11 is 0. The van der Waals surface area contributed by atoms with E-state index >= 15 is 0 Å². The number of aliphatic hydroxyl groups excluding tert-OH is 1. The fraction of sp³-hybridized carbons (Fsp3) is 0.500. The van der Waals surface area contributed by atoms with Gasteiger partial charge in [-0.1, -0.05) is 12.1 Å². The van der Waals surface area contributed by atoms with Gasteiger partial charge in [-0.25, -0.2) is 4.68 Å². The van der Waals surface area contributed by atoms with Crippen molar-refractivity contribution in [1.82, 2.24) is 14.7 Å². The second kappa shape index (κ2) is 6.63. The molecule has 118 valence electrons. The maximum atomic E-state index is 9.36. The molecule has 22 heavy (non-hydrogen) atoms. The van der Waals surface area contributed by atoms with Crippen LogP contribution < -0.4 is 0 Å². The molecule has 1 aromatic carbocycles. The number of rotatable bonds is 4. The Labute approximate surface area is 132 Å². The van der Waals surface area contributed by atoms with Crippen LogP contribution in [0.15, 0.2) is 30.3 Å². The van der Waals surface area contributed by atoms with Gasteiger partial charge in [0, 0.05) is 25.4 Å². The third kappa shape index (κ3) is 3.39. The Hall–Kier alpha value is -1.65. The van der Waals surface area contributed by atoms with E-state index < -0.39 is 0 Å². The van der Waals surface area contributed by atoms with Crippen LogP contribution in [0, 0.1) is 19.8 Å². The summed E-state index contributed by atoms with van der Waals surface area (Å²) in [5.41, 5.74) is 4.64. The van der Waals surface area contributed by atoms with Gasteiger partial charge in [0.25, 0.3) is 0 Å². The van der Waals surface area contributed by atoms with Gasteiger partial charge in [0.15, 0.2) is 0 Å². The summed E-state index contributed by atoms with van der Waals surface area (Å²) in [6, 6.07) is 10.7. The van der Waals surface area contributed by atoms with Crippen molar-refractivity contribution in [2.75, 3.05) is 19.7 Å². The molecule has 1 N–H and O–H groups in total. The Morgan fingerprint density at radius 1 is 1.27 bits per heavy atom. The zero-order valence-corrected chi connectivity index (χ0v) is 13.5. The molecular weight excluding hydrogens is 274 g/mol. The number of likely N-dealkylation sites (tertiary alicyclic amines) is 1. The molecule has 1 aromatic heterocycles. The van der Waals surface area contributed by atoms with Crippen LogP contribution in [0.5, 0.6) is 0 Å². The Morgan fingerprint density at radius 3 is 2.86 bits per heavy atom. The predicted octanol–water partition coefficient (Wildman–Crippen LogP) is 2.69. The minimum atomic E-state index is 0.308. The molecule has 3 rings (SSSR count). The van der Waals surface area contributed by atoms with E-state index in [-0.39, 0.29) is 0 Å². The van der Waals surface area contributed by atoms with E-state index in [9.17, 15) is 5.11 Å². The van der Waals surface area contributed by atoms with E-state index in [1.807, 2.05) is 11.6 Å². The summed E-state index contributed by atoms with van der Waals surface area (Å²) in [6.07, 6.45) is 2.33. The van der Waals surface area contributed by atoms with Crippen LogP contribution in [0.4, 0.5) is 0 Å². The minimum absolute atomic E-state index is 0.308. The van der Waals surface area contributed by atoms with Crippen molar-refractivity contribution in [2.45, 2.75) is 33.2 Å². The van der Waals surface area contributed by atoms with Crippen LogP contribution in [0.1, 0.15) is 29.8 Å². The molecule has 0 aliphatic carbocycles. The summed E-state index contributed by atoms with van der Waals surface area (Å²) in [7, 11) is 0. The first kappa shape index (κ1) is 15.3. The molecule has 0 radical (unpaired) electrons. The monoisotopic (exact) mass is 299 g/mol. The number of piperidine rings is 1. The molecule has 1 aliphatic rings. The topological polar surface area (TPSA) is 41.3 Å². The third-order valence-electron chi connectivity index (χ3n) is 4.43. The lowest BCUT2D eigenvalue weighted by Crippen LogP contribution is -2.36. The molecule has 4 nitrogen and oxygen atoms in total. The van der Waals surface area contributed by atoms with Crippen LogP contribution in [0.2, 0.25) is 0 Å². The average Bonchev–Trinajstić information content (AvgIpc) is 2.86. The van der Waals surface area contributed by atoms with Crippen molar-refractivity contribution in [2.24, 2.45) is 5.92 Å². The van der Waals surface area contributed by atoms with E-state index in [1.54, 1.807) is 0 Å². The largest absolute Gasteiger partial charge is 0.396 e. The van der Waals surface area contributed by atoms with Gasteiger partial charge in [-0.15, -0.1) is 0 Å². The SMILES string of the molecule is Cc1cc(C)n(-c2cccc(CN3CCCC(CO)C3)c2)n1. The molecule has 0 spiro atoms. The van der Waals surface area contributed by atoms with Gasteiger partial charge in [-0.3, -0.25) is 4.90 Å². The highest BCUT2D eigenvalue weighted by atomic mass is 16.3. The van der Waals surface area contributed by atoms with E-state index in [4.69, 9.17) is 0 Å². The number of aromatic nitrogens is 2. The van der Waals surface area contributed by atoms with Gasteiger partial charge in [0.05, 0.1) is 11.4 Å². The Kier molecular flexibility index (Phi) is 4.60. The first-order valence-corrected chi connectivity index (χ1v) is 8.11. The molecule has 1 unspecified atom stereocenters. The molecule has 0 saturated carbocycles. The Balaban J connectivity index is 1.75. The number of hydrogen-bond donors (Lipinski definition) is 1. The van der Waals surface area contributed by atoms with Crippen molar-refractivity contribution < 1.29 is 5.11 Å². The highest BCUT2D eigenvalue weighted by Crippen LogP contribution is 2.20. The zero-order valence-electron chi connectivity index (χ0n) is 13.5. The summed E-state index contributed by atoms with van der Waals surface area (Å²) in [5, 5.41) is 13.9. The smallest absolute Gasteiger partial charge is 0.0651 e. The summed E-state index contributed by atoms with van der Waals surface area (Å²) < 4.78 is 2.01. The minimum Gasteiger partial charge on any atom is -0.396 e. The number of benzene rings is 1. The Morgan fingerprint density at radius 2 is 2.14 bits per heavy atom. The Bertz CT molecular complexity index is 635. The summed E-state index contributed by atoms with van der Waals surface area (Å²) in [5.74, 6) is 0.438. The lowest BCUT2D eigenvalue weighted by Gasteiger charge is -2.31. The van der Waals surface area contributed by atoms with Crippen molar-refractivity contribution in [3.05, 3.63) is 47.3 Å². The highest BCUT2D eigenvalue weighted by Gasteiger charge is 2.19. The molecule has 1 aliphatic heterocycles. The van der Waals surface area contributed by atoms with Crippen molar-refractivity contribution in [3.63, 3.8) is 0 Å². The van der Waals surface area contributed by atoms with Gasteiger partial charge < -0.3 is 5.11 Å². The van der Waals surface area contributed by atoms with Crippen LogP contribution >= 0.6 is 0 Å². The first-order valence-electron chi connectivity index (χ1n) is 8.11. The lowest BCUT2D eigenvalue weighted by atomic mass is 9.98. The molecule has 4 heteroatoms. The highest BCUT2D eigenvalue weighted by molar-refractivity contribution is 5.37. The van der Waals surface area contributed by atoms with Gasteiger partial charge >= 0.3 is 0 Å². The molecule has 2 heterocycles. The van der Waals surface area contributed by atoms with E-state index in [0.717, 1.165) is 43.1 Å². The van der Waals surface area contributed by atoms with Crippen LogP contribution in [-0.2, 0) is 6.54 Å². The quantitative estimate of drug-likeness (QED) is 0.944. The fourth-order valence-electron chi connectivity index (χ4n) is 3.38. The van der Waals surface area contributed by atoms with Crippen LogP contribution in [0.3, 0.4) is 0 Å². The standard InChI is InChI=1S/C18H25N3O/c1-14-9-15(2)21(19-14)18-7-3-5-16(10-18)11-20-8-4-6-17(12-20)13-22/h3,5,7,9-10,17,22H,4,6,8,11-13H2,1-2H3. The van der Waals surface area contributed by atoms with Gasteiger partial charge in [0.2, 0.25) is 0 Å². The molecule has 1 saturated heterocycles. The molecule has 1 fully saturated rings. The number of aliphatic hydroxyl groups is 1. The molecule has 2 aromatic rings. The predicted molar refractivity (Wildman–Crippen MR) is 88.1 cm³/mol. The maximum Gasteiger partial charge on any atom is 0.0651 e. The van der Waals surface area contributed by atoms with Crippen molar-refractivity contribution >= 4 is 0 Å². The summed E-state index contributed by atoms with van der Waals surface area (Å²) in [4.78, 5) is 2.45. The van der Waals surface area contributed by atoms with E-state index in [0.29, 0.717) is 12.5 Å². The lowest BCUT2D eigenvalue weighted by molar-refractivity contribution is 0.116.